The lowest BCUT2D eigenvalue weighted by Crippen LogP contribution is -2.54. The number of hydrogen-bond donors (Lipinski definition) is 2. The summed E-state index contributed by atoms with van der Waals surface area (Å²) in [5.74, 6) is 0.508. The molecule has 1 aliphatic heterocycles. The van der Waals surface area contributed by atoms with Crippen molar-refractivity contribution in [1.82, 2.24) is 20.2 Å². The predicted octanol–water partition coefficient (Wildman–Crippen LogP) is 3.47. The SMILES string of the molecule is CN(C)C1(c2ccccc2)CCC2(CC1)CN(c1cnc(-c3ccccc3C#N)nc1)C(O)N2. The Balaban J connectivity index is 1.33. The van der Waals surface area contributed by atoms with Gasteiger partial charge in [-0.25, -0.2) is 9.97 Å². The molecule has 1 aliphatic carbocycles. The van der Waals surface area contributed by atoms with Crippen LogP contribution in [-0.4, -0.2) is 52.5 Å². The van der Waals surface area contributed by atoms with E-state index in [4.69, 9.17) is 0 Å². The van der Waals surface area contributed by atoms with Gasteiger partial charge in [-0.1, -0.05) is 42.5 Å². The van der Waals surface area contributed by atoms with Crippen molar-refractivity contribution in [2.45, 2.75) is 43.1 Å². The van der Waals surface area contributed by atoms with Crippen LogP contribution in [0.25, 0.3) is 11.4 Å². The van der Waals surface area contributed by atoms with E-state index in [0.717, 1.165) is 31.4 Å². The lowest BCUT2D eigenvalue weighted by atomic mass is 9.69. The fraction of sp³-hybridized carbons (Fsp3) is 0.370. The summed E-state index contributed by atoms with van der Waals surface area (Å²) < 4.78 is 0. The standard InChI is InChI=1S/C27H30N6O/c1-32(2)27(21-9-4-3-5-10-21)14-12-26(13-15-27)19-33(25(34)31-26)22-17-29-24(30-18-22)23-11-7-6-8-20(23)16-28/h3-11,17-18,25,31,34H,12-15,19H2,1-2H3. The van der Waals surface area contributed by atoms with Gasteiger partial charge >= 0.3 is 0 Å². The Bertz CT molecular complexity index is 1180. The summed E-state index contributed by atoms with van der Waals surface area (Å²) in [5.41, 5.74) is 3.23. The highest BCUT2D eigenvalue weighted by Crippen LogP contribution is 2.46. The third-order valence-electron chi connectivity index (χ3n) is 7.66. The Morgan fingerprint density at radius 3 is 2.29 bits per heavy atom. The number of rotatable bonds is 4. The van der Waals surface area contributed by atoms with Crippen LogP contribution in [-0.2, 0) is 5.54 Å². The molecule has 5 rings (SSSR count). The number of hydrogen-bond acceptors (Lipinski definition) is 7. The molecule has 2 aromatic carbocycles. The van der Waals surface area contributed by atoms with E-state index in [1.165, 1.54) is 5.56 Å². The van der Waals surface area contributed by atoms with Crippen molar-refractivity contribution in [2.24, 2.45) is 0 Å². The lowest BCUT2D eigenvalue weighted by molar-refractivity contribution is 0.0513. The molecule has 1 spiro atoms. The van der Waals surface area contributed by atoms with Gasteiger partial charge in [0.2, 0.25) is 0 Å². The Kier molecular flexibility index (Phi) is 5.82. The van der Waals surface area contributed by atoms with Crippen LogP contribution >= 0.6 is 0 Å². The molecule has 3 aromatic rings. The second-order valence-electron chi connectivity index (χ2n) is 9.64. The van der Waals surface area contributed by atoms with E-state index in [1.807, 2.05) is 23.1 Å². The molecule has 1 saturated heterocycles. The third-order valence-corrected chi connectivity index (χ3v) is 7.66. The van der Waals surface area contributed by atoms with Crippen LogP contribution in [0.1, 0.15) is 36.8 Å². The van der Waals surface area contributed by atoms with Crippen molar-refractivity contribution in [1.29, 1.82) is 5.26 Å². The summed E-state index contributed by atoms with van der Waals surface area (Å²) in [6, 6.07) is 20.2. The molecule has 1 saturated carbocycles. The summed E-state index contributed by atoms with van der Waals surface area (Å²) in [7, 11) is 4.33. The monoisotopic (exact) mass is 454 g/mol. The van der Waals surface area contributed by atoms with Crippen LogP contribution in [0.3, 0.4) is 0 Å². The predicted molar refractivity (Wildman–Crippen MR) is 132 cm³/mol. The second kappa shape index (κ2) is 8.80. The Morgan fingerprint density at radius 1 is 1.00 bits per heavy atom. The largest absolute Gasteiger partial charge is 0.361 e. The van der Waals surface area contributed by atoms with Gasteiger partial charge in [0.25, 0.3) is 0 Å². The molecule has 7 heteroatoms. The minimum Gasteiger partial charge on any atom is -0.361 e. The van der Waals surface area contributed by atoms with Crippen LogP contribution in [0.2, 0.25) is 0 Å². The quantitative estimate of drug-likeness (QED) is 0.624. The summed E-state index contributed by atoms with van der Waals surface area (Å²) in [5, 5.41) is 23.7. The maximum atomic E-state index is 10.9. The van der Waals surface area contributed by atoms with E-state index in [9.17, 15) is 10.4 Å². The van der Waals surface area contributed by atoms with Crippen LogP contribution in [0.5, 0.6) is 0 Å². The zero-order valence-electron chi connectivity index (χ0n) is 19.6. The van der Waals surface area contributed by atoms with Gasteiger partial charge in [0.05, 0.1) is 29.7 Å². The van der Waals surface area contributed by atoms with Gasteiger partial charge in [0, 0.05) is 23.2 Å². The van der Waals surface area contributed by atoms with Crippen molar-refractivity contribution >= 4 is 5.69 Å². The average Bonchev–Trinajstić information content (AvgIpc) is 3.20. The number of nitriles is 1. The van der Waals surface area contributed by atoms with E-state index < -0.39 is 6.35 Å². The number of aromatic nitrogens is 2. The van der Waals surface area contributed by atoms with Gasteiger partial charge in [-0.05, 0) is 57.5 Å². The van der Waals surface area contributed by atoms with Crippen LogP contribution in [0.15, 0.2) is 67.0 Å². The topological polar surface area (TPSA) is 88.3 Å². The third kappa shape index (κ3) is 3.84. The first-order chi connectivity index (χ1) is 16.5. The van der Waals surface area contributed by atoms with Crippen LogP contribution in [0.4, 0.5) is 5.69 Å². The summed E-state index contributed by atoms with van der Waals surface area (Å²) in [6.45, 7) is 0.698. The van der Waals surface area contributed by atoms with E-state index in [0.29, 0.717) is 23.5 Å². The minimum atomic E-state index is -0.788. The van der Waals surface area contributed by atoms with Crippen molar-refractivity contribution < 1.29 is 5.11 Å². The number of aliphatic hydroxyl groups excluding tert-OH is 1. The molecule has 2 aliphatic rings. The van der Waals surface area contributed by atoms with E-state index in [-0.39, 0.29) is 11.1 Å². The number of aliphatic hydroxyl groups is 1. The molecular weight excluding hydrogens is 424 g/mol. The lowest BCUT2D eigenvalue weighted by Gasteiger charge is -2.49. The van der Waals surface area contributed by atoms with Gasteiger partial charge < -0.3 is 10.0 Å². The molecule has 174 valence electrons. The highest BCUT2D eigenvalue weighted by atomic mass is 16.3. The van der Waals surface area contributed by atoms with Gasteiger partial charge in [0.15, 0.2) is 12.2 Å². The molecule has 1 unspecified atom stereocenters. The fourth-order valence-electron chi connectivity index (χ4n) is 5.61. The molecular formula is C27H30N6O. The highest BCUT2D eigenvalue weighted by molar-refractivity contribution is 5.65. The maximum Gasteiger partial charge on any atom is 0.184 e. The Morgan fingerprint density at radius 2 is 1.65 bits per heavy atom. The molecule has 2 N–H and O–H groups in total. The zero-order chi connectivity index (χ0) is 23.8. The molecule has 34 heavy (non-hydrogen) atoms. The molecule has 0 radical (unpaired) electrons. The first kappa shape index (κ1) is 22.5. The molecule has 1 aromatic heterocycles. The summed E-state index contributed by atoms with van der Waals surface area (Å²) in [6.07, 6.45) is 6.62. The van der Waals surface area contributed by atoms with Gasteiger partial charge in [-0.2, -0.15) is 5.26 Å². The van der Waals surface area contributed by atoms with Gasteiger partial charge in [0.1, 0.15) is 0 Å². The number of nitrogens with zero attached hydrogens (tertiary/aromatic N) is 5. The first-order valence-corrected chi connectivity index (χ1v) is 11.7. The maximum absolute atomic E-state index is 10.9. The summed E-state index contributed by atoms with van der Waals surface area (Å²) >= 11 is 0. The van der Waals surface area contributed by atoms with E-state index in [1.54, 1.807) is 18.5 Å². The molecule has 2 fully saturated rings. The van der Waals surface area contributed by atoms with Gasteiger partial charge in [-0.15, -0.1) is 0 Å². The Labute approximate surface area is 200 Å². The molecule has 0 amide bonds. The number of benzene rings is 2. The highest BCUT2D eigenvalue weighted by Gasteiger charge is 2.50. The molecule has 0 bridgehead atoms. The zero-order valence-corrected chi connectivity index (χ0v) is 19.6. The van der Waals surface area contributed by atoms with E-state index in [2.05, 4.69) is 70.7 Å². The average molecular weight is 455 g/mol. The van der Waals surface area contributed by atoms with Crippen LogP contribution < -0.4 is 10.2 Å². The summed E-state index contributed by atoms with van der Waals surface area (Å²) in [4.78, 5) is 13.3. The number of nitrogens with one attached hydrogen (secondary N) is 1. The molecule has 7 nitrogen and oxygen atoms in total. The Hall–Kier alpha value is -3.31. The molecule has 1 atom stereocenters. The van der Waals surface area contributed by atoms with Crippen molar-refractivity contribution in [2.75, 3.05) is 25.5 Å². The number of anilines is 1. The van der Waals surface area contributed by atoms with Crippen molar-refractivity contribution in [3.05, 3.63) is 78.1 Å². The molecule has 2 heterocycles. The normalized spacial score (nSPS) is 26.7. The minimum absolute atomic E-state index is 0.00541. The van der Waals surface area contributed by atoms with Crippen molar-refractivity contribution in [3.63, 3.8) is 0 Å². The fourth-order valence-corrected chi connectivity index (χ4v) is 5.61. The van der Waals surface area contributed by atoms with E-state index >= 15 is 0 Å². The van der Waals surface area contributed by atoms with Crippen molar-refractivity contribution in [3.8, 4) is 17.5 Å². The smallest absolute Gasteiger partial charge is 0.184 e. The first-order valence-electron chi connectivity index (χ1n) is 11.7. The van der Waals surface area contributed by atoms with Crippen LogP contribution in [0, 0.1) is 11.3 Å². The van der Waals surface area contributed by atoms with Gasteiger partial charge in [-0.3, -0.25) is 10.2 Å². The second-order valence-corrected chi connectivity index (χ2v) is 9.64.